The van der Waals surface area contributed by atoms with Crippen LogP contribution in [0, 0.1) is 12.8 Å². The van der Waals surface area contributed by atoms with E-state index in [4.69, 9.17) is 19.2 Å². The van der Waals surface area contributed by atoms with Gasteiger partial charge in [-0.25, -0.2) is 13.4 Å². The van der Waals surface area contributed by atoms with Crippen molar-refractivity contribution in [3.05, 3.63) is 53.9 Å². The van der Waals surface area contributed by atoms with Crippen molar-refractivity contribution in [2.45, 2.75) is 120 Å². The normalized spacial score (nSPS) is 25.0. The van der Waals surface area contributed by atoms with Gasteiger partial charge in [-0.05, 0) is 77.5 Å². The van der Waals surface area contributed by atoms with Gasteiger partial charge in [0.05, 0.1) is 30.5 Å². The lowest BCUT2D eigenvalue weighted by atomic mass is 10.0. The molecule has 61 heavy (non-hydrogen) atoms. The Morgan fingerprint density at radius 2 is 1.85 bits per heavy atom. The van der Waals surface area contributed by atoms with Crippen molar-refractivity contribution in [1.29, 1.82) is 0 Å². The highest BCUT2D eigenvalue weighted by molar-refractivity contribution is 7.91. The van der Waals surface area contributed by atoms with E-state index in [-0.39, 0.29) is 50.1 Å². The monoisotopic (exact) mass is 862 g/mol. The minimum atomic E-state index is -3.93. The highest BCUT2D eigenvalue weighted by Gasteiger charge is 2.62. The number of allylic oxidation sites excluding steroid dienone is 1. The van der Waals surface area contributed by atoms with E-state index in [0.717, 1.165) is 12.0 Å². The summed E-state index contributed by atoms with van der Waals surface area (Å²) in [6.45, 7) is 5.44. The molecule has 3 fully saturated rings. The third-order valence-electron chi connectivity index (χ3n) is 11.6. The summed E-state index contributed by atoms with van der Waals surface area (Å²) < 4.78 is 47.7. The van der Waals surface area contributed by atoms with Gasteiger partial charge in [0.15, 0.2) is 0 Å². The second-order valence-corrected chi connectivity index (χ2v) is 18.5. The summed E-state index contributed by atoms with van der Waals surface area (Å²) in [5.74, 6) is -2.11. The molecule has 4 aliphatic rings. The molecule has 1 saturated heterocycles. The van der Waals surface area contributed by atoms with Crippen molar-refractivity contribution in [1.82, 2.24) is 40.3 Å². The Hall–Kier alpha value is -5.72. The van der Waals surface area contributed by atoms with Crippen LogP contribution in [0.3, 0.4) is 0 Å². The van der Waals surface area contributed by atoms with Crippen molar-refractivity contribution >= 4 is 50.5 Å². The topological polar surface area (TPSA) is 229 Å². The number of amides is 5. The number of nitrogens with zero attached hydrogens (tertiary/aromatic N) is 4. The van der Waals surface area contributed by atoms with E-state index in [1.54, 1.807) is 19.2 Å². The zero-order chi connectivity index (χ0) is 43.6. The van der Waals surface area contributed by atoms with Gasteiger partial charge in [-0.3, -0.25) is 33.4 Å². The molecule has 2 aliphatic heterocycles. The Bertz CT molecular complexity index is 2340. The molecule has 18 nitrogen and oxygen atoms in total. The van der Waals surface area contributed by atoms with E-state index < -0.39 is 68.5 Å². The second kappa shape index (κ2) is 17.7. The maximum atomic E-state index is 14.8. The summed E-state index contributed by atoms with van der Waals surface area (Å²) in [6, 6.07) is 4.47. The van der Waals surface area contributed by atoms with Crippen LogP contribution in [-0.4, -0.2) is 113 Å². The summed E-state index contributed by atoms with van der Waals surface area (Å²) in [4.78, 5) is 75.0. The van der Waals surface area contributed by atoms with Gasteiger partial charge in [0, 0.05) is 42.6 Å². The molecule has 2 aliphatic carbocycles. The first-order valence-electron chi connectivity index (χ1n) is 20.8. The number of sulfonamides is 1. The fourth-order valence-electron chi connectivity index (χ4n) is 8.03. The zero-order valence-corrected chi connectivity index (χ0v) is 35.9. The quantitative estimate of drug-likeness (QED) is 0.193. The van der Waals surface area contributed by atoms with E-state index >= 15 is 0 Å². The zero-order valence-electron chi connectivity index (χ0n) is 35.1. The molecule has 4 N–H and O–H groups in total. The molecule has 5 atom stereocenters. The molecular weight excluding hydrogens is 809 g/mol. The number of nitrogens with one attached hydrogen (secondary N) is 4. The average molecular weight is 863 g/mol. The van der Waals surface area contributed by atoms with Crippen LogP contribution in [0.2, 0.25) is 0 Å². The van der Waals surface area contributed by atoms with Crippen LogP contribution in [0.25, 0.3) is 10.9 Å². The highest BCUT2D eigenvalue weighted by Crippen LogP contribution is 2.46. The number of hydrogen-bond acceptors (Lipinski definition) is 12. The van der Waals surface area contributed by atoms with Gasteiger partial charge in [-0.15, -0.1) is 0 Å². The number of fused-ring (bicyclic) bond motifs is 3. The molecule has 2 aromatic heterocycles. The SMILES string of the molecule is CNC(=O)Cn1ccc(C(=O)N[C@H]2CCCCC/C=C\[C@@H]3C[C@@]3(C(=O)NS(=O)(=O)C3CC3)NC(=O)[C@@H]3C[C@@H](Oc4cc(OC(C)C)nc5c(C)c(OC)ccc45)CN3C2=O)n1. The summed E-state index contributed by atoms with van der Waals surface area (Å²) >= 11 is 0. The molecule has 328 valence electrons. The molecule has 1 aromatic carbocycles. The molecule has 5 amide bonds. The maximum absolute atomic E-state index is 14.8. The number of ether oxygens (including phenoxy) is 3. The van der Waals surface area contributed by atoms with Crippen molar-refractivity contribution in [3.8, 4) is 17.4 Å². The number of rotatable bonds is 12. The van der Waals surface area contributed by atoms with Gasteiger partial charge in [0.1, 0.15) is 47.5 Å². The van der Waals surface area contributed by atoms with Crippen molar-refractivity contribution in [2.24, 2.45) is 5.92 Å². The number of benzene rings is 1. The molecule has 19 heteroatoms. The van der Waals surface area contributed by atoms with Gasteiger partial charge in [-0.1, -0.05) is 25.0 Å². The number of aromatic nitrogens is 3. The predicted octanol–water partition coefficient (Wildman–Crippen LogP) is 2.43. The van der Waals surface area contributed by atoms with E-state index in [2.05, 4.69) is 25.8 Å². The largest absolute Gasteiger partial charge is 0.496 e. The molecule has 0 unspecified atom stereocenters. The van der Waals surface area contributed by atoms with Gasteiger partial charge < -0.3 is 35.1 Å². The lowest BCUT2D eigenvalue weighted by molar-refractivity contribution is -0.141. The number of likely N-dealkylation sites (N-methyl/N-ethyl adjacent to an activating group) is 1. The number of methoxy groups -OCH3 is 1. The molecule has 0 radical (unpaired) electrons. The van der Waals surface area contributed by atoms with Gasteiger partial charge in [0.25, 0.3) is 11.8 Å². The standard InChI is InChI=1S/C42H54N8O10S/c1-24(2)59-36-20-34(29-15-16-33(58-5)25(3)37(29)45-36)60-27-19-32-39(53)46-42(41(55)48-61(56,57)28-13-14-28)21-26(42)11-9-7-6-8-10-12-31(40(54)50(32)22-27)44-38(52)30-17-18-49(47-30)23-35(51)43-4/h9,11,15-18,20,24,26-28,31-32H,6-8,10,12-14,19,21-23H2,1-5H3,(H,43,51)(H,44,52)(H,46,53)(H,48,55)/b11-9-/t26-,27-,31+,32+,42-/m1/s1. The van der Waals surface area contributed by atoms with Crippen molar-refractivity contribution in [3.63, 3.8) is 0 Å². The van der Waals surface area contributed by atoms with E-state index in [0.29, 0.717) is 60.4 Å². The number of carbonyl (C=O) groups is 5. The highest BCUT2D eigenvalue weighted by atomic mass is 32.2. The molecule has 3 aromatic rings. The Labute approximate surface area is 354 Å². The van der Waals surface area contributed by atoms with Crippen LogP contribution in [0.1, 0.15) is 87.7 Å². The third kappa shape index (κ3) is 9.61. The summed E-state index contributed by atoms with van der Waals surface area (Å²) in [7, 11) is -0.876. The first kappa shape index (κ1) is 43.4. The van der Waals surface area contributed by atoms with Crippen LogP contribution in [-0.2, 0) is 35.7 Å². The Balaban J connectivity index is 1.22. The summed E-state index contributed by atoms with van der Waals surface area (Å²) in [5.41, 5.74) is -0.216. The molecular formula is C42H54N8O10S. The molecule has 7 rings (SSSR count). The third-order valence-corrected chi connectivity index (χ3v) is 13.4. The van der Waals surface area contributed by atoms with Crippen LogP contribution in [0.5, 0.6) is 17.4 Å². The lowest BCUT2D eigenvalue weighted by Crippen LogP contribution is -2.58. The van der Waals surface area contributed by atoms with Gasteiger partial charge >= 0.3 is 0 Å². The summed E-state index contributed by atoms with van der Waals surface area (Å²) in [5, 5.41) is 12.5. The minimum Gasteiger partial charge on any atom is -0.496 e. The lowest BCUT2D eigenvalue weighted by Gasteiger charge is -2.29. The van der Waals surface area contributed by atoms with E-state index in [1.807, 2.05) is 39.0 Å². The first-order valence-corrected chi connectivity index (χ1v) is 22.4. The Morgan fingerprint density at radius 1 is 1.07 bits per heavy atom. The van der Waals surface area contributed by atoms with E-state index in [1.165, 1.54) is 28.9 Å². The number of carbonyl (C=O) groups excluding carboxylic acids is 5. The number of aryl methyl sites for hydroxylation is 1. The maximum Gasteiger partial charge on any atom is 0.272 e. The van der Waals surface area contributed by atoms with E-state index in [9.17, 15) is 32.4 Å². The van der Waals surface area contributed by atoms with Crippen LogP contribution in [0.15, 0.2) is 42.6 Å². The van der Waals surface area contributed by atoms with Crippen LogP contribution >= 0.6 is 0 Å². The Morgan fingerprint density at radius 3 is 2.57 bits per heavy atom. The second-order valence-electron chi connectivity index (χ2n) is 16.5. The van der Waals surface area contributed by atoms with Gasteiger partial charge in [-0.2, -0.15) is 5.10 Å². The molecule has 0 spiro atoms. The predicted molar refractivity (Wildman–Crippen MR) is 222 cm³/mol. The van der Waals surface area contributed by atoms with Gasteiger partial charge in [0.2, 0.25) is 33.6 Å². The molecule has 4 heterocycles. The minimum absolute atomic E-state index is 0.0000400. The number of pyridine rings is 1. The first-order chi connectivity index (χ1) is 29.1. The molecule has 2 saturated carbocycles. The smallest absolute Gasteiger partial charge is 0.272 e. The average Bonchev–Trinajstić information content (AvgIpc) is 4.10. The fourth-order valence-corrected chi connectivity index (χ4v) is 9.40. The van der Waals surface area contributed by atoms with Crippen molar-refractivity contribution in [2.75, 3.05) is 20.7 Å². The fraction of sp³-hybridized carbons (Fsp3) is 0.548. The summed E-state index contributed by atoms with van der Waals surface area (Å²) in [6.07, 6.45) is 8.32. The molecule has 0 bridgehead atoms. The van der Waals surface area contributed by atoms with Crippen molar-refractivity contribution < 1.29 is 46.6 Å². The Kier molecular flexibility index (Phi) is 12.6. The number of hydrogen-bond donors (Lipinski definition) is 4. The van der Waals surface area contributed by atoms with Crippen LogP contribution < -0.4 is 34.9 Å². The van der Waals surface area contributed by atoms with Crippen LogP contribution in [0.4, 0.5) is 0 Å².